The number of benzene rings is 1. The standard InChI is InChI=1S/C10H11N5O2/c1-7-11-13-14-15(7)10(12-16)8-3-5-9(17-2)6-4-8/h3-6,10H,1-2H3. The van der Waals surface area contributed by atoms with Crippen LogP contribution < -0.4 is 4.74 Å². The van der Waals surface area contributed by atoms with Crippen LogP contribution >= 0.6 is 0 Å². The summed E-state index contributed by atoms with van der Waals surface area (Å²) in [6, 6.07) is 7.03. The molecule has 1 heterocycles. The molecule has 0 fully saturated rings. The van der Waals surface area contributed by atoms with Gasteiger partial charge in [-0.2, -0.15) is 4.68 Å². The number of methoxy groups -OCH3 is 1. The Kier molecular flexibility index (Phi) is 3.08. The topological polar surface area (TPSA) is 82.3 Å². The Balaban J connectivity index is 2.35. The van der Waals surface area contributed by atoms with Gasteiger partial charge in [-0.25, -0.2) is 0 Å². The molecule has 7 nitrogen and oxygen atoms in total. The van der Waals surface area contributed by atoms with Crippen molar-refractivity contribution in [2.75, 3.05) is 7.11 Å². The first kappa shape index (κ1) is 11.2. The van der Waals surface area contributed by atoms with E-state index in [1.807, 2.05) is 0 Å². The third-order valence-electron chi connectivity index (χ3n) is 2.40. The molecule has 0 aliphatic carbocycles. The summed E-state index contributed by atoms with van der Waals surface area (Å²) < 4.78 is 6.41. The lowest BCUT2D eigenvalue weighted by atomic mass is 10.1. The maximum atomic E-state index is 10.9. The summed E-state index contributed by atoms with van der Waals surface area (Å²) in [4.78, 5) is 10.9. The van der Waals surface area contributed by atoms with Crippen molar-refractivity contribution < 1.29 is 4.74 Å². The summed E-state index contributed by atoms with van der Waals surface area (Å²) in [5, 5.41) is 14.0. The second-order valence-electron chi connectivity index (χ2n) is 3.42. The summed E-state index contributed by atoms with van der Waals surface area (Å²) in [7, 11) is 1.58. The number of ether oxygens (including phenoxy) is 1. The summed E-state index contributed by atoms with van der Waals surface area (Å²) in [5.41, 5.74) is 0.705. The van der Waals surface area contributed by atoms with E-state index in [1.165, 1.54) is 4.68 Å². The van der Waals surface area contributed by atoms with E-state index in [9.17, 15) is 4.91 Å². The van der Waals surface area contributed by atoms with Crippen LogP contribution in [0.25, 0.3) is 0 Å². The molecule has 1 unspecified atom stereocenters. The smallest absolute Gasteiger partial charge is 0.212 e. The van der Waals surface area contributed by atoms with Gasteiger partial charge >= 0.3 is 0 Å². The summed E-state index contributed by atoms with van der Waals surface area (Å²) in [6.45, 7) is 1.71. The molecule has 0 aliphatic rings. The number of aryl methyl sites for hydroxylation is 1. The average Bonchev–Trinajstić information content (AvgIpc) is 2.78. The zero-order valence-electron chi connectivity index (χ0n) is 9.44. The number of aromatic nitrogens is 4. The largest absolute Gasteiger partial charge is 0.497 e. The summed E-state index contributed by atoms with van der Waals surface area (Å²) in [5.74, 6) is 1.25. The number of hydrogen-bond acceptors (Lipinski definition) is 6. The summed E-state index contributed by atoms with van der Waals surface area (Å²) >= 11 is 0. The molecule has 0 saturated carbocycles. The lowest BCUT2D eigenvalue weighted by Crippen LogP contribution is -2.11. The van der Waals surface area contributed by atoms with Crippen molar-refractivity contribution >= 4 is 0 Å². The third-order valence-corrected chi connectivity index (χ3v) is 2.40. The van der Waals surface area contributed by atoms with Crippen LogP contribution in [0, 0.1) is 11.8 Å². The molecule has 0 saturated heterocycles. The van der Waals surface area contributed by atoms with E-state index in [4.69, 9.17) is 4.74 Å². The minimum absolute atomic E-state index is 0.533. The van der Waals surface area contributed by atoms with Crippen molar-refractivity contribution in [1.29, 1.82) is 0 Å². The van der Waals surface area contributed by atoms with Crippen molar-refractivity contribution in [3.63, 3.8) is 0 Å². The fourth-order valence-corrected chi connectivity index (χ4v) is 1.49. The highest BCUT2D eigenvalue weighted by atomic mass is 16.5. The lowest BCUT2D eigenvalue weighted by molar-refractivity contribution is 0.414. The van der Waals surface area contributed by atoms with Crippen molar-refractivity contribution in [1.82, 2.24) is 20.2 Å². The molecule has 17 heavy (non-hydrogen) atoms. The first-order valence-electron chi connectivity index (χ1n) is 4.97. The van der Waals surface area contributed by atoms with Gasteiger partial charge in [-0.1, -0.05) is 12.1 Å². The Hall–Kier alpha value is -2.31. The molecule has 1 atom stereocenters. The maximum Gasteiger partial charge on any atom is 0.212 e. The molecule has 0 bridgehead atoms. The average molecular weight is 233 g/mol. The summed E-state index contributed by atoms with van der Waals surface area (Å²) in [6.07, 6.45) is -0.754. The van der Waals surface area contributed by atoms with Gasteiger partial charge in [0, 0.05) is 5.56 Å². The number of nitroso groups, excluding NO2 is 1. The van der Waals surface area contributed by atoms with E-state index >= 15 is 0 Å². The predicted molar refractivity (Wildman–Crippen MR) is 59.5 cm³/mol. The predicted octanol–water partition coefficient (Wildman–Crippen LogP) is 1.30. The van der Waals surface area contributed by atoms with Gasteiger partial charge in [0.25, 0.3) is 0 Å². The SMILES string of the molecule is COc1ccc(C(N=O)n2nnnc2C)cc1. The van der Waals surface area contributed by atoms with E-state index in [-0.39, 0.29) is 0 Å². The van der Waals surface area contributed by atoms with Gasteiger partial charge in [-0.3, -0.25) is 0 Å². The van der Waals surface area contributed by atoms with E-state index in [0.717, 1.165) is 0 Å². The number of hydrogen-bond donors (Lipinski definition) is 0. The molecule has 1 aromatic carbocycles. The molecule has 0 radical (unpaired) electrons. The van der Waals surface area contributed by atoms with Gasteiger partial charge in [0.1, 0.15) is 5.75 Å². The van der Waals surface area contributed by atoms with Gasteiger partial charge < -0.3 is 4.74 Å². The molecule has 0 N–H and O–H groups in total. The number of nitrogens with zero attached hydrogens (tertiary/aromatic N) is 5. The zero-order chi connectivity index (χ0) is 12.3. The molecule has 0 spiro atoms. The molecular formula is C10H11N5O2. The highest BCUT2D eigenvalue weighted by Gasteiger charge is 2.17. The molecule has 0 aliphatic heterocycles. The van der Waals surface area contributed by atoms with Crippen LogP contribution in [0.1, 0.15) is 17.6 Å². The fraction of sp³-hybridized carbons (Fsp3) is 0.300. The fourth-order valence-electron chi connectivity index (χ4n) is 1.49. The van der Waals surface area contributed by atoms with E-state index in [2.05, 4.69) is 20.7 Å². The van der Waals surface area contributed by atoms with Gasteiger partial charge in [0.2, 0.25) is 6.17 Å². The lowest BCUT2D eigenvalue weighted by Gasteiger charge is -2.10. The number of rotatable bonds is 4. The quantitative estimate of drug-likeness (QED) is 0.743. The van der Waals surface area contributed by atoms with Crippen LogP contribution in [0.4, 0.5) is 0 Å². The van der Waals surface area contributed by atoms with Crippen molar-refractivity contribution in [3.05, 3.63) is 40.6 Å². The normalized spacial score (nSPS) is 12.1. The van der Waals surface area contributed by atoms with Crippen LogP contribution in [-0.4, -0.2) is 27.3 Å². The Morgan fingerprint density at radius 1 is 1.35 bits per heavy atom. The molecule has 88 valence electrons. The van der Waals surface area contributed by atoms with E-state index in [0.29, 0.717) is 17.1 Å². The van der Waals surface area contributed by atoms with Crippen LogP contribution in [0.2, 0.25) is 0 Å². The molecule has 0 amide bonds. The second kappa shape index (κ2) is 4.69. The Morgan fingerprint density at radius 3 is 2.53 bits per heavy atom. The van der Waals surface area contributed by atoms with Gasteiger partial charge in [-0.05, 0) is 34.7 Å². The minimum Gasteiger partial charge on any atom is -0.497 e. The third kappa shape index (κ3) is 2.12. The second-order valence-corrected chi connectivity index (χ2v) is 3.42. The van der Waals surface area contributed by atoms with E-state index < -0.39 is 6.17 Å². The highest BCUT2D eigenvalue weighted by Crippen LogP contribution is 2.21. The zero-order valence-corrected chi connectivity index (χ0v) is 9.44. The van der Waals surface area contributed by atoms with Crippen LogP contribution in [0.15, 0.2) is 29.4 Å². The molecule has 2 rings (SSSR count). The molecule has 1 aromatic heterocycles. The van der Waals surface area contributed by atoms with E-state index in [1.54, 1.807) is 38.3 Å². The van der Waals surface area contributed by atoms with Crippen molar-refractivity contribution in [2.45, 2.75) is 13.1 Å². The van der Waals surface area contributed by atoms with Crippen molar-refractivity contribution in [2.24, 2.45) is 5.18 Å². The first-order chi connectivity index (χ1) is 8.26. The Labute approximate surface area is 97.4 Å². The Morgan fingerprint density at radius 2 is 2.06 bits per heavy atom. The van der Waals surface area contributed by atoms with Crippen LogP contribution in [-0.2, 0) is 0 Å². The maximum absolute atomic E-state index is 10.9. The molecule has 7 heteroatoms. The first-order valence-corrected chi connectivity index (χ1v) is 4.97. The van der Waals surface area contributed by atoms with Gasteiger partial charge in [0.15, 0.2) is 5.82 Å². The molecule has 2 aromatic rings. The van der Waals surface area contributed by atoms with Crippen LogP contribution in [0.5, 0.6) is 5.75 Å². The minimum atomic E-state index is -0.754. The van der Waals surface area contributed by atoms with Gasteiger partial charge in [-0.15, -0.1) is 10.0 Å². The van der Waals surface area contributed by atoms with Crippen LogP contribution in [0.3, 0.4) is 0 Å². The van der Waals surface area contributed by atoms with Crippen molar-refractivity contribution in [3.8, 4) is 5.75 Å². The molecular weight excluding hydrogens is 222 g/mol. The Bertz CT molecular complexity index is 508. The number of tetrazole rings is 1. The highest BCUT2D eigenvalue weighted by molar-refractivity contribution is 5.29. The van der Waals surface area contributed by atoms with Gasteiger partial charge in [0.05, 0.1) is 7.11 Å². The monoisotopic (exact) mass is 233 g/mol.